The lowest BCUT2D eigenvalue weighted by Gasteiger charge is -2.56. The van der Waals surface area contributed by atoms with Crippen LogP contribution in [0.3, 0.4) is 0 Å². The molecule has 0 aromatic heterocycles. The standard InChI is InChI=1S/C48H84O14.C48H84O13.C6H12O2.I2.H2O/c1-11-23-47(59)45(57)28(5)16-14-13-15-17-34(25-29(6)49)19-20-36-31(8)44(33(10)48(61-36)24-22-27(4)43(62-48)30(7)35(50)12-2)60-37(51)21-18-26(3)38(52)32(9)39(53)40(54)41(55)42(56)46(47)58;1-11-23-47(58)45(56)29(5)16-14-13-15-17-35(25-30(6)49)19-20-39-33(9)44(34(10)48(60-39)24-22-28(4)43(61-48)32(8)36(50)12-2)59-40(53)21-18-27(3)41(54)31(7)37(51)26-38(52)42(55)46(47)57;1-5-6(7)3-2-4-8-5;1-2;/h13-15,17-18,21,26-36,38-46,49-50,52-59H,11-12,16,19-20,22-25H2,1-10H3;13-15,17-18,21,27-39,41-46,49-52,54-58H,11-12,16,19-20,22-26H2,1-10H3;5-7H,2-4H2,1H3;;1H2/b2*14-13+,17-15+,21-18+;;;. The van der Waals surface area contributed by atoms with Gasteiger partial charge in [0.15, 0.2) is 11.6 Å². The Morgan fingerprint density at radius 2 is 0.799 bits per heavy atom. The van der Waals surface area contributed by atoms with Crippen molar-refractivity contribution in [2.24, 2.45) is 94.7 Å². The number of aliphatic hydroxyl groups excluding tert-OH is 18. The van der Waals surface area contributed by atoms with Crippen LogP contribution in [0.2, 0.25) is 0 Å². The Bertz CT molecular complexity index is 3460. The summed E-state index contributed by atoms with van der Waals surface area (Å²) in [7, 11) is 0. The van der Waals surface area contributed by atoms with Crippen LogP contribution in [0.4, 0.5) is 0 Å². The van der Waals surface area contributed by atoms with Crippen molar-refractivity contribution >= 4 is 49.2 Å². The number of hydrogen-bond donors (Lipinski definition) is 20. The van der Waals surface area contributed by atoms with E-state index in [2.05, 4.69) is 51.1 Å². The number of fused-ring (bicyclic) bond motifs is 4. The molecule has 7 heterocycles. The van der Waals surface area contributed by atoms with Crippen LogP contribution in [0.25, 0.3) is 0 Å². The van der Waals surface area contributed by atoms with E-state index in [1.54, 1.807) is 74.5 Å². The fraction of sp³-hybridized carbons (Fsp3) is 0.863. The van der Waals surface area contributed by atoms with Crippen LogP contribution in [0.1, 0.15) is 280 Å². The minimum Gasteiger partial charge on any atom is -0.458 e. The minimum atomic E-state index is -2.31. The van der Waals surface area contributed by atoms with Crippen molar-refractivity contribution in [3.8, 4) is 0 Å². The average molecular weight is 2140 g/mol. The predicted molar refractivity (Wildman–Crippen MR) is 531 cm³/mol. The fourth-order valence-corrected chi connectivity index (χ4v) is 21.1. The highest BCUT2D eigenvalue weighted by atomic mass is 128. The van der Waals surface area contributed by atoms with Crippen LogP contribution >= 0.6 is 37.2 Å². The summed E-state index contributed by atoms with van der Waals surface area (Å²) in [5.74, 6) is -9.53. The SMILES string of the molecule is CC1OCCCC1O.CCCC1(O)C(O)C(C)C/C=C/C=C/C(CC(C)O)CCC2OC3(CCC(C)C(C(C)C(O)CC)O3)C(C)C(OC(=O)/C=C/C(C)C(O)C(C)C(O)C(O)C(O)C(O)C1O)C2C.CCCC1(O)C(O)C(C)C/C=C/C=C/C(CC(C)O)CCC2OC3(CCC(C)C(C(C)C(O)CC)O3)C(C)C(OC(=O)/C=C/C(C)C(O)C(C)C(O)CC(O)C(O)C1O)C2C.II.O. The van der Waals surface area contributed by atoms with Gasteiger partial charge in [-0.2, -0.15) is 0 Å². The molecule has 0 saturated carbocycles. The van der Waals surface area contributed by atoms with Crippen molar-refractivity contribution in [2.75, 3.05) is 6.61 Å². The van der Waals surface area contributed by atoms with Crippen LogP contribution in [0, 0.1) is 94.7 Å². The largest absolute Gasteiger partial charge is 0.458 e. The van der Waals surface area contributed by atoms with Crippen molar-refractivity contribution < 1.29 is 150 Å². The Morgan fingerprint density at radius 3 is 1.16 bits per heavy atom. The maximum atomic E-state index is 13.7. The molecular weight excluding hydrogens is 1960 g/mol. The Morgan fingerprint density at radius 1 is 0.418 bits per heavy atom. The first kappa shape index (κ1) is 126. The van der Waals surface area contributed by atoms with E-state index in [1.165, 1.54) is 31.2 Å². The van der Waals surface area contributed by atoms with Gasteiger partial charge >= 0.3 is 11.9 Å². The van der Waals surface area contributed by atoms with E-state index in [0.29, 0.717) is 77.0 Å². The molecule has 4 bridgehead atoms. The summed E-state index contributed by atoms with van der Waals surface area (Å²) in [5, 5.41) is 220. The molecule has 7 aliphatic heterocycles. The molecular formula is C102H182I2O30. The Hall–Kier alpha value is -2.20. The van der Waals surface area contributed by atoms with Crippen LogP contribution in [-0.2, 0) is 42.7 Å². The Balaban J connectivity index is 0.000000620. The van der Waals surface area contributed by atoms with Gasteiger partial charge in [0.25, 0.3) is 0 Å². The first-order chi connectivity index (χ1) is 62.3. The lowest BCUT2D eigenvalue weighted by atomic mass is 9.73. The smallest absolute Gasteiger partial charge is 0.330 e. The summed E-state index contributed by atoms with van der Waals surface area (Å²) in [4.78, 5) is 27.3. The number of aliphatic hydroxyl groups is 20. The predicted octanol–water partition coefficient (Wildman–Crippen LogP) is 9.91. The van der Waals surface area contributed by atoms with E-state index < -0.39 is 205 Å². The zero-order chi connectivity index (χ0) is 101. The Labute approximate surface area is 823 Å². The number of rotatable bonds is 14. The second kappa shape index (κ2) is 59.9. The van der Waals surface area contributed by atoms with Gasteiger partial charge in [-0.05, 0) is 159 Å². The van der Waals surface area contributed by atoms with Crippen molar-refractivity contribution in [3.63, 3.8) is 0 Å². The maximum absolute atomic E-state index is 13.7. The van der Waals surface area contributed by atoms with Crippen molar-refractivity contribution in [2.45, 2.75) is 456 Å². The average Bonchev–Trinajstić information content (AvgIpc) is 0.746. The number of carbonyl (C=O) groups is 2. The molecule has 22 N–H and O–H groups in total. The molecule has 0 aromatic carbocycles. The molecule has 784 valence electrons. The van der Waals surface area contributed by atoms with Gasteiger partial charge in [0.05, 0.1) is 104 Å². The van der Waals surface area contributed by atoms with Gasteiger partial charge in [0.2, 0.25) is 0 Å². The summed E-state index contributed by atoms with van der Waals surface area (Å²) >= 11 is 4.24. The zero-order valence-corrected chi connectivity index (χ0v) is 88.3. The monoisotopic (exact) mass is 2140 g/mol. The number of esters is 2. The van der Waals surface area contributed by atoms with Gasteiger partial charge in [0.1, 0.15) is 60.0 Å². The van der Waals surface area contributed by atoms with Gasteiger partial charge in [-0.25, -0.2) is 9.59 Å². The maximum Gasteiger partial charge on any atom is 0.330 e. The number of carbonyl (C=O) groups excluding carboxylic acids is 2. The van der Waals surface area contributed by atoms with Crippen molar-refractivity contribution in [3.05, 3.63) is 72.9 Å². The minimum absolute atomic E-state index is 0. The van der Waals surface area contributed by atoms with Crippen molar-refractivity contribution in [1.82, 2.24) is 0 Å². The first-order valence-electron chi connectivity index (χ1n) is 49.9. The third kappa shape index (κ3) is 34.8. The molecule has 5 fully saturated rings. The highest BCUT2D eigenvalue weighted by molar-refractivity contribution is 15.0. The topological polar surface area (TPSA) is 535 Å². The summed E-state index contributed by atoms with van der Waals surface area (Å²) in [5.41, 5.74) is -4.49. The second-order valence-corrected chi connectivity index (χ2v) is 41.3. The van der Waals surface area contributed by atoms with E-state index in [1.807, 2.05) is 98.8 Å². The molecule has 2 spiro atoms. The molecule has 0 aliphatic carbocycles. The van der Waals surface area contributed by atoms with Gasteiger partial charge in [-0.3, -0.25) is 0 Å². The number of hydrogen-bond acceptors (Lipinski definition) is 29. The normalized spacial score (nSPS) is 45.1. The highest BCUT2D eigenvalue weighted by Gasteiger charge is 2.60. The molecule has 32 heteroatoms. The molecule has 134 heavy (non-hydrogen) atoms. The fourth-order valence-electron chi connectivity index (χ4n) is 21.1. The van der Waals surface area contributed by atoms with E-state index >= 15 is 0 Å². The van der Waals surface area contributed by atoms with Gasteiger partial charge in [0, 0.05) is 134 Å². The zero-order valence-electron chi connectivity index (χ0n) is 84.0. The third-order valence-electron chi connectivity index (χ3n) is 30.7. The van der Waals surface area contributed by atoms with Gasteiger partial charge < -0.3 is 141 Å². The molecule has 0 radical (unpaired) electrons. The van der Waals surface area contributed by atoms with Crippen molar-refractivity contribution in [1.29, 1.82) is 0 Å². The summed E-state index contributed by atoms with van der Waals surface area (Å²) in [6.07, 6.45) is 1.96. The second-order valence-electron chi connectivity index (χ2n) is 41.3. The summed E-state index contributed by atoms with van der Waals surface area (Å²) < 4.78 is 45.7. The molecule has 45 unspecified atom stereocenters. The lowest BCUT2D eigenvalue weighted by Crippen LogP contribution is -2.63. The summed E-state index contributed by atoms with van der Waals surface area (Å²) in [6, 6.07) is 0. The van der Waals surface area contributed by atoms with E-state index in [0.717, 1.165) is 32.3 Å². The number of allylic oxidation sites excluding steroid dienone is 8. The number of ether oxygens (including phenoxy) is 7. The summed E-state index contributed by atoms with van der Waals surface area (Å²) in [6.45, 7) is 39.4. The molecule has 5 saturated heterocycles. The molecule has 0 aromatic rings. The molecule has 7 rings (SSSR count). The van der Waals surface area contributed by atoms with Crippen LogP contribution in [0.5, 0.6) is 0 Å². The Kier molecular flexibility index (Phi) is 56.3. The molecule has 7 aliphatic rings. The molecule has 0 amide bonds. The molecule has 45 atom stereocenters. The van der Waals surface area contributed by atoms with Crippen LogP contribution in [-0.4, -0.2) is 302 Å². The van der Waals surface area contributed by atoms with E-state index in [-0.39, 0.29) is 115 Å². The molecule has 30 nitrogen and oxygen atoms in total. The number of halogens is 2. The van der Waals surface area contributed by atoms with Crippen LogP contribution in [0.15, 0.2) is 72.9 Å². The third-order valence-corrected chi connectivity index (χ3v) is 30.7. The quantitative estimate of drug-likeness (QED) is 0.0568. The van der Waals surface area contributed by atoms with E-state index in [4.69, 9.17) is 38.3 Å². The van der Waals surface area contributed by atoms with E-state index in [9.17, 15) is 107 Å². The van der Waals surface area contributed by atoms with Gasteiger partial charge in [-0.1, -0.05) is 198 Å². The lowest BCUT2D eigenvalue weighted by molar-refractivity contribution is -0.376. The highest BCUT2D eigenvalue weighted by Crippen LogP contribution is 2.53. The van der Waals surface area contributed by atoms with Gasteiger partial charge in [-0.15, -0.1) is 0 Å². The van der Waals surface area contributed by atoms with Crippen LogP contribution < -0.4 is 0 Å². The first-order valence-corrected chi connectivity index (χ1v) is 56.2.